The number of carboxylic acid groups (broad SMARTS) is 1. The number of carbonyl (C=O) groups excluding carboxylic acids is 3. The normalized spacial score (nSPS) is 17.0. The van der Waals surface area contributed by atoms with Gasteiger partial charge < -0.3 is 30.1 Å². The van der Waals surface area contributed by atoms with Gasteiger partial charge in [0.05, 0.1) is 6.04 Å². The van der Waals surface area contributed by atoms with E-state index in [1.807, 2.05) is 48.5 Å². The Morgan fingerprint density at radius 2 is 1.65 bits per heavy atom. The maximum absolute atomic E-state index is 12.5. The lowest BCUT2D eigenvalue weighted by molar-refractivity contribution is -0.139. The fraction of sp³-hybridized carbons (Fsp3) is 0.467. The van der Waals surface area contributed by atoms with Crippen LogP contribution in [0.3, 0.4) is 0 Å². The lowest BCUT2D eigenvalue weighted by Crippen LogP contribution is -2.45. The SMILES string of the molecule is CC(C)(C)OC(=O)N1CCC[C@H]1CNC(=O)CC[C@H](NC(=O)OCC1c2ccccc2-c2ccccc21)C(=O)O. The van der Waals surface area contributed by atoms with Crippen LogP contribution in [0.2, 0.25) is 0 Å². The number of nitrogens with zero attached hydrogens (tertiary/aromatic N) is 1. The molecule has 0 saturated carbocycles. The van der Waals surface area contributed by atoms with Gasteiger partial charge in [0.1, 0.15) is 18.2 Å². The van der Waals surface area contributed by atoms with Gasteiger partial charge in [-0.1, -0.05) is 48.5 Å². The molecule has 0 bridgehead atoms. The number of fused-ring (bicyclic) bond motifs is 3. The van der Waals surface area contributed by atoms with Crippen molar-refractivity contribution in [2.75, 3.05) is 19.7 Å². The first-order valence-electron chi connectivity index (χ1n) is 13.6. The number of nitrogens with one attached hydrogen (secondary N) is 2. The van der Waals surface area contributed by atoms with Crippen LogP contribution in [0.1, 0.15) is 63.5 Å². The molecule has 2 aliphatic rings. The summed E-state index contributed by atoms with van der Waals surface area (Å²) >= 11 is 0. The summed E-state index contributed by atoms with van der Waals surface area (Å²) < 4.78 is 10.9. The minimum absolute atomic E-state index is 0.0578. The van der Waals surface area contributed by atoms with E-state index in [0.717, 1.165) is 35.1 Å². The summed E-state index contributed by atoms with van der Waals surface area (Å²) in [5.74, 6) is -1.77. The quantitative estimate of drug-likeness (QED) is 0.424. The highest BCUT2D eigenvalue weighted by Gasteiger charge is 2.33. The van der Waals surface area contributed by atoms with Crippen LogP contribution in [0.5, 0.6) is 0 Å². The van der Waals surface area contributed by atoms with Gasteiger partial charge in [-0.05, 0) is 62.3 Å². The van der Waals surface area contributed by atoms with Gasteiger partial charge >= 0.3 is 18.2 Å². The molecule has 1 aliphatic heterocycles. The van der Waals surface area contributed by atoms with Gasteiger partial charge in [0.25, 0.3) is 0 Å². The molecule has 1 aliphatic carbocycles. The molecule has 2 aromatic carbocycles. The maximum atomic E-state index is 12.5. The third-order valence-corrected chi connectivity index (χ3v) is 7.13. The summed E-state index contributed by atoms with van der Waals surface area (Å²) in [6.45, 7) is 6.26. The fourth-order valence-electron chi connectivity index (χ4n) is 5.24. The Morgan fingerprint density at radius 3 is 2.25 bits per heavy atom. The monoisotopic (exact) mass is 551 g/mol. The predicted molar refractivity (Wildman–Crippen MR) is 148 cm³/mol. The van der Waals surface area contributed by atoms with E-state index in [2.05, 4.69) is 10.6 Å². The minimum atomic E-state index is -1.29. The number of amides is 3. The van der Waals surface area contributed by atoms with Crippen molar-refractivity contribution in [1.82, 2.24) is 15.5 Å². The van der Waals surface area contributed by atoms with Crippen LogP contribution in [0, 0.1) is 0 Å². The highest BCUT2D eigenvalue weighted by Crippen LogP contribution is 2.44. The Morgan fingerprint density at radius 1 is 1.02 bits per heavy atom. The van der Waals surface area contributed by atoms with Crippen molar-refractivity contribution in [1.29, 1.82) is 0 Å². The number of likely N-dealkylation sites (tertiary alicyclic amines) is 1. The van der Waals surface area contributed by atoms with Crippen molar-refractivity contribution in [3.63, 3.8) is 0 Å². The zero-order chi connectivity index (χ0) is 28.9. The highest BCUT2D eigenvalue weighted by molar-refractivity contribution is 5.82. The molecular formula is C30H37N3O7. The zero-order valence-corrected chi connectivity index (χ0v) is 23.1. The molecule has 1 fully saturated rings. The molecule has 214 valence electrons. The molecule has 3 N–H and O–H groups in total. The van der Waals surface area contributed by atoms with E-state index in [0.29, 0.717) is 6.54 Å². The van der Waals surface area contributed by atoms with Crippen LogP contribution in [-0.4, -0.2) is 71.5 Å². The lowest BCUT2D eigenvalue weighted by Gasteiger charge is -2.28. The number of carbonyl (C=O) groups is 4. The van der Waals surface area contributed by atoms with Crippen molar-refractivity contribution < 1.29 is 33.8 Å². The summed E-state index contributed by atoms with van der Waals surface area (Å²) in [5, 5.41) is 14.8. The number of ether oxygens (including phenoxy) is 2. The maximum Gasteiger partial charge on any atom is 0.410 e. The van der Waals surface area contributed by atoms with E-state index in [-0.39, 0.29) is 43.9 Å². The molecule has 0 radical (unpaired) electrons. The van der Waals surface area contributed by atoms with Crippen LogP contribution >= 0.6 is 0 Å². The summed E-state index contributed by atoms with van der Waals surface area (Å²) in [4.78, 5) is 50.8. The van der Waals surface area contributed by atoms with Gasteiger partial charge in [0, 0.05) is 25.4 Å². The Balaban J connectivity index is 1.24. The molecular weight excluding hydrogens is 514 g/mol. The molecule has 4 rings (SSSR count). The lowest BCUT2D eigenvalue weighted by atomic mass is 9.98. The van der Waals surface area contributed by atoms with Gasteiger partial charge in [0.15, 0.2) is 0 Å². The van der Waals surface area contributed by atoms with E-state index in [4.69, 9.17) is 9.47 Å². The van der Waals surface area contributed by atoms with E-state index in [9.17, 15) is 24.3 Å². The first-order chi connectivity index (χ1) is 19.0. The fourth-order valence-corrected chi connectivity index (χ4v) is 5.24. The average Bonchev–Trinajstić information content (AvgIpc) is 3.50. The summed E-state index contributed by atoms with van der Waals surface area (Å²) in [7, 11) is 0. The highest BCUT2D eigenvalue weighted by atomic mass is 16.6. The van der Waals surface area contributed by atoms with Crippen LogP contribution in [0.15, 0.2) is 48.5 Å². The van der Waals surface area contributed by atoms with Crippen molar-refractivity contribution >= 4 is 24.1 Å². The molecule has 2 aromatic rings. The number of hydrogen-bond donors (Lipinski definition) is 3. The number of aliphatic carboxylic acids is 1. The number of rotatable bonds is 9. The van der Waals surface area contributed by atoms with Crippen molar-refractivity contribution in [3.05, 3.63) is 59.7 Å². The number of carboxylic acids is 1. The van der Waals surface area contributed by atoms with Crippen LogP contribution < -0.4 is 10.6 Å². The molecule has 0 spiro atoms. The first kappa shape index (κ1) is 28.9. The van der Waals surface area contributed by atoms with Crippen LogP contribution in [-0.2, 0) is 19.1 Å². The van der Waals surface area contributed by atoms with E-state index in [1.54, 1.807) is 25.7 Å². The second-order valence-electron chi connectivity index (χ2n) is 11.2. The van der Waals surface area contributed by atoms with Crippen LogP contribution in [0.25, 0.3) is 11.1 Å². The van der Waals surface area contributed by atoms with E-state index >= 15 is 0 Å². The Kier molecular flexibility index (Phi) is 8.96. The Bertz CT molecular complexity index is 1210. The third kappa shape index (κ3) is 7.11. The van der Waals surface area contributed by atoms with E-state index < -0.39 is 29.8 Å². The molecule has 1 saturated heterocycles. The van der Waals surface area contributed by atoms with E-state index in [1.165, 1.54) is 0 Å². The van der Waals surface area contributed by atoms with Crippen LogP contribution in [0.4, 0.5) is 9.59 Å². The topological polar surface area (TPSA) is 134 Å². The smallest absolute Gasteiger partial charge is 0.410 e. The van der Waals surface area contributed by atoms with Crippen molar-refractivity contribution in [2.24, 2.45) is 0 Å². The number of benzene rings is 2. The summed E-state index contributed by atoms with van der Waals surface area (Å²) in [6.07, 6.45) is 0.0630. The van der Waals surface area contributed by atoms with Gasteiger partial charge in [-0.3, -0.25) is 4.79 Å². The van der Waals surface area contributed by atoms with Crippen molar-refractivity contribution in [2.45, 2.75) is 70.1 Å². The Labute approximate surface area is 234 Å². The van der Waals surface area contributed by atoms with Gasteiger partial charge in [0.2, 0.25) is 5.91 Å². The second-order valence-corrected chi connectivity index (χ2v) is 11.2. The molecule has 2 atom stereocenters. The van der Waals surface area contributed by atoms with Gasteiger partial charge in [-0.15, -0.1) is 0 Å². The Hall–Kier alpha value is -4.08. The molecule has 40 heavy (non-hydrogen) atoms. The number of hydrogen-bond acceptors (Lipinski definition) is 6. The number of alkyl carbamates (subject to hydrolysis) is 1. The third-order valence-electron chi connectivity index (χ3n) is 7.13. The minimum Gasteiger partial charge on any atom is -0.480 e. The molecule has 0 unspecified atom stereocenters. The zero-order valence-electron chi connectivity index (χ0n) is 23.1. The second kappa shape index (κ2) is 12.4. The van der Waals surface area contributed by atoms with Gasteiger partial charge in [-0.2, -0.15) is 0 Å². The summed E-state index contributed by atoms with van der Waals surface area (Å²) in [6, 6.07) is 14.4. The summed E-state index contributed by atoms with van der Waals surface area (Å²) in [5.41, 5.74) is 3.67. The molecule has 3 amide bonds. The average molecular weight is 552 g/mol. The standard InChI is InChI=1S/C30H37N3O7/c1-30(2,3)40-29(38)33-16-8-9-19(33)17-31-26(34)15-14-25(27(35)36)32-28(37)39-18-24-22-12-6-4-10-20(22)21-11-5-7-13-23(21)24/h4-7,10-13,19,24-25H,8-9,14-18H2,1-3H3,(H,31,34)(H,32,37)(H,35,36)/t19-,25-/m0/s1. The molecule has 1 heterocycles. The van der Waals surface area contributed by atoms with Crippen molar-refractivity contribution in [3.8, 4) is 11.1 Å². The molecule has 10 nitrogen and oxygen atoms in total. The molecule has 10 heteroatoms. The largest absolute Gasteiger partial charge is 0.480 e. The first-order valence-corrected chi connectivity index (χ1v) is 13.6. The predicted octanol–water partition coefficient (Wildman–Crippen LogP) is 4.27. The van der Waals surface area contributed by atoms with Gasteiger partial charge in [-0.25, -0.2) is 14.4 Å². The molecule has 0 aromatic heterocycles.